The van der Waals surface area contributed by atoms with Gasteiger partial charge in [0.25, 0.3) is 0 Å². The molecule has 2 aromatic rings. The van der Waals surface area contributed by atoms with Gasteiger partial charge in [-0.1, -0.05) is 50.2 Å². The van der Waals surface area contributed by atoms with Crippen LogP contribution >= 0.6 is 0 Å². The maximum absolute atomic E-state index is 10.8. The van der Waals surface area contributed by atoms with Crippen molar-refractivity contribution >= 4 is 6.29 Å². The van der Waals surface area contributed by atoms with Crippen LogP contribution in [0.3, 0.4) is 0 Å². The van der Waals surface area contributed by atoms with Crippen LogP contribution in [0.15, 0.2) is 48.5 Å². The highest BCUT2D eigenvalue weighted by Crippen LogP contribution is 2.34. The summed E-state index contributed by atoms with van der Waals surface area (Å²) >= 11 is 0. The summed E-state index contributed by atoms with van der Waals surface area (Å²) in [5.41, 5.74) is 1.95. The summed E-state index contributed by atoms with van der Waals surface area (Å²) in [6.45, 7) is 4.58. The van der Waals surface area contributed by atoms with E-state index >= 15 is 0 Å². The lowest BCUT2D eigenvalue weighted by atomic mass is 9.82. The summed E-state index contributed by atoms with van der Waals surface area (Å²) < 4.78 is 11.3. The average Bonchev–Trinajstić information content (AvgIpc) is 2.53. The molecule has 0 aliphatic rings. The lowest BCUT2D eigenvalue weighted by Crippen LogP contribution is -2.17. The number of methoxy groups -OCH3 is 1. The molecule has 0 saturated carbocycles. The van der Waals surface area contributed by atoms with Crippen LogP contribution in [0.2, 0.25) is 0 Å². The number of hydrogen-bond acceptors (Lipinski definition) is 3. The smallest absolute Gasteiger partial charge is 0.161 e. The molecule has 2 aromatic carbocycles. The number of rotatable bonds is 7. The molecule has 0 bridgehead atoms. The summed E-state index contributed by atoms with van der Waals surface area (Å²) in [6.07, 6.45) is 1.42. The molecule has 0 saturated heterocycles. The van der Waals surface area contributed by atoms with Crippen LogP contribution in [0.5, 0.6) is 11.5 Å². The Hall–Kier alpha value is -2.29. The Kier molecular flexibility index (Phi) is 5.21. The molecule has 0 aliphatic heterocycles. The van der Waals surface area contributed by atoms with Gasteiger partial charge in [0.1, 0.15) is 12.9 Å². The van der Waals surface area contributed by atoms with Gasteiger partial charge in [-0.2, -0.15) is 0 Å². The van der Waals surface area contributed by atoms with Crippen LogP contribution < -0.4 is 9.47 Å². The van der Waals surface area contributed by atoms with Crippen LogP contribution in [0, 0.1) is 0 Å². The highest BCUT2D eigenvalue weighted by Gasteiger charge is 2.21. The molecule has 0 N–H and O–H groups in total. The lowest BCUT2D eigenvalue weighted by molar-refractivity contribution is -0.108. The fraction of sp³-hybridized carbons (Fsp3) is 0.316. The fourth-order valence-corrected chi connectivity index (χ4v) is 2.27. The molecule has 116 valence electrons. The minimum absolute atomic E-state index is 0.215. The molecule has 0 radical (unpaired) electrons. The highest BCUT2D eigenvalue weighted by molar-refractivity contribution is 5.54. The zero-order valence-corrected chi connectivity index (χ0v) is 13.3. The number of hydrogen-bond donors (Lipinski definition) is 0. The predicted octanol–water partition coefficient (Wildman–Crippen LogP) is 4.14. The van der Waals surface area contributed by atoms with Crippen LogP contribution in [-0.2, 0) is 16.8 Å². The molecule has 22 heavy (non-hydrogen) atoms. The van der Waals surface area contributed by atoms with Crippen LogP contribution in [0.25, 0.3) is 0 Å². The third-order valence-electron chi connectivity index (χ3n) is 3.78. The molecule has 0 aliphatic carbocycles. The highest BCUT2D eigenvalue weighted by atomic mass is 16.5. The molecule has 0 spiro atoms. The van der Waals surface area contributed by atoms with Crippen LogP contribution in [0.1, 0.15) is 31.4 Å². The molecule has 0 unspecified atom stereocenters. The lowest BCUT2D eigenvalue weighted by Gasteiger charge is -2.23. The predicted molar refractivity (Wildman–Crippen MR) is 87.5 cm³/mol. The number of carbonyl (C=O) groups is 1. The number of carbonyl (C=O) groups excluding carboxylic acids is 1. The summed E-state index contributed by atoms with van der Waals surface area (Å²) in [4.78, 5) is 10.8. The first-order valence-electron chi connectivity index (χ1n) is 7.35. The molecular weight excluding hydrogens is 276 g/mol. The third-order valence-corrected chi connectivity index (χ3v) is 3.78. The van der Waals surface area contributed by atoms with Gasteiger partial charge in [0.2, 0.25) is 0 Å². The molecule has 3 heteroatoms. The monoisotopic (exact) mass is 298 g/mol. The fourth-order valence-electron chi connectivity index (χ4n) is 2.27. The second-order valence-electron chi connectivity index (χ2n) is 5.89. The number of aldehydes is 1. The van der Waals surface area contributed by atoms with Crippen molar-refractivity contribution in [3.63, 3.8) is 0 Å². The van der Waals surface area contributed by atoms with Gasteiger partial charge < -0.3 is 14.3 Å². The SMILES string of the molecule is COc1cc(C(C)(C)CC=O)ccc1OCc1ccccc1. The summed E-state index contributed by atoms with van der Waals surface area (Å²) in [5, 5.41) is 0. The van der Waals surface area contributed by atoms with Gasteiger partial charge in [0, 0.05) is 6.42 Å². The molecule has 0 aromatic heterocycles. The van der Waals surface area contributed by atoms with Crippen LogP contribution in [0.4, 0.5) is 0 Å². The standard InChI is InChI=1S/C19H22O3/c1-19(2,11-12-20)16-9-10-17(18(13-16)21-3)22-14-15-7-5-4-6-8-15/h4-10,12-13H,11,14H2,1-3H3. The van der Waals surface area contributed by atoms with E-state index in [2.05, 4.69) is 0 Å². The second kappa shape index (κ2) is 7.12. The van der Waals surface area contributed by atoms with E-state index in [4.69, 9.17) is 9.47 Å². The number of benzene rings is 2. The zero-order valence-electron chi connectivity index (χ0n) is 13.3. The first-order valence-corrected chi connectivity index (χ1v) is 7.35. The van der Waals surface area contributed by atoms with Gasteiger partial charge in [-0.05, 0) is 28.7 Å². The molecule has 0 amide bonds. The van der Waals surface area contributed by atoms with E-state index in [-0.39, 0.29) is 5.41 Å². The van der Waals surface area contributed by atoms with Gasteiger partial charge in [0.15, 0.2) is 11.5 Å². The maximum atomic E-state index is 10.8. The van der Waals surface area contributed by atoms with Gasteiger partial charge >= 0.3 is 0 Å². The minimum atomic E-state index is -0.215. The van der Waals surface area contributed by atoms with E-state index in [1.54, 1.807) is 7.11 Å². The van der Waals surface area contributed by atoms with E-state index in [0.29, 0.717) is 24.5 Å². The first kappa shape index (κ1) is 16.1. The third kappa shape index (κ3) is 3.88. The summed E-state index contributed by atoms with van der Waals surface area (Å²) in [7, 11) is 1.63. The molecule has 0 heterocycles. The maximum Gasteiger partial charge on any atom is 0.161 e. The Morgan fingerprint density at radius 2 is 1.77 bits per heavy atom. The molecule has 0 atom stereocenters. The zero-order chi connectivity index (χ0) is 16.0. The Labute approximate surface area is 131 Å². The van der Waals surface area contributed by atoms with Crippen molar-refractivity contribution in [1.82, 2.24) is 0 Å². The van der Waals surface area contributed by atoms with Crippen molar-refractivity contribution in [2.75, 3.05) is 7.11 Å². The van der Waals surface area contributed by atoms with Crippen molar-refractivity contribution in [2.45, 2.75) is 32.3 Å². The summed E-state index contributed by atoms with van der Waals surface area (Å²) in [6, 6.07) is 15.8. The van der Waals surface area contributed by atoms with Crippen LogP contribution in [-0.4, -0.2) is 13.4 Å². The van der Waals surface area contributed by atoms with Crippen molar-refractivity contribution in [2.24, 2.45) is 0 Å². The molecule has 3 nitrogen and oxygen atoms in total. The Balaban J connectivity index is 2.17. The van der Waals surface area contributed by atoms with E-state index in [0.717, 1.165) is 17.4 Å². The van der Waals surface area contributed by atoms with E-state index in [1.165, 1.54) is 0 Å². The van der Waals surface area contributed by atoms with Gasteiger partial charge in [-0.3, -0.25) is 0 Å². The molecular formula is C19H22O3. The second-order valence-corrected chi connectivity index (χ2v) is 5.89. The Morgan fingerprint density at radius 3 is 2.41 bits per heavy atom. The summed E-state index contributed by atoms with van der Waals surface area (Å²) in [5.74, 6) is 1.39. The van der Waals surface area contributed by atoms with Gasteiger partial charge in [0.05, 0.1) is 7.11 Å². The Morgan fingerprint density at radius 1 is 1.05 bits per heavy atom. The van der Waals surface area contributed by atoms with Crippen molar-refractivity contribution in [1.29, 1.82) is 0 Å². The molecule has 2 rings (SSSR count). The minimum Gasteiger partial charge on any atom is -0.493 e. The first-order chi connectivity index (χ1) is 10.6. The normalized spacial score (nSPS) is 11.0. The average molecular weight is 298 g/mol. The largest absolute Gasteiger partial charge is 0.493 e. The quantitative estimate of drug-likeness (QED) is 0.721. The number of ether oxygens (including phenoxy) is 2. The van der Waals surface area contributed by atoms with Gasteiger partial charge in [-0.25, -0.2) is 0 Å². The van der Waals surface area contributed by atoms with E-state index in [1.807, 2.05) is 62.4 Å². The van der Waals surface area contributed by atoms with Crippen molar-refractivity contribution in [3.05, 3.63) is 59.7 Å². The van der Waals surface area contributed by atoms with Gasteiger partial charge in [-0.15, -0.1) is 0 Å². The topological polar surface area (TPSA) is 35.5 Å². The van der Waals surface area contributed by atoms with Crippen molar-refractivity contribution < 1.29 is 14.3 Å². The van der Waals surface area contributed by atoms with E-state index in [9.17, 15) is 4.79 Å². The van der Waals surface area contributed by atoms with E-state index < -0.39 is 0 Å². The molecule has 0 fully saturated rings. The Bertz CT molecular complexity index is 618. The van der Waals surface area contributed by atoms with Crippen molar-refractivity contribution in [3.8, 4) is 11.5 Å².